The SMILES string of the molecule is CC(C)CC#Cc1cnc2c(c1)C(=O)N([C@@H](C)CO)C[C@@H](C)[C@@H](CN(C)C(=O)c1ccccc1F)O2. The fourth-order valence-electron chi connectivity index (χ4n) is 3.94. The number of hydrogen-bond acceptors (Lipinski definition) is 5. The van der Waals surface area contributed by atoms with Crippen molar-refractivity contribution in [1.29, 1.82) is 0 Å². The normalized spacial score (nSPS) is 18.3. The number of fused-ring (bicyclic) bond motifs is 1. The fourth-order valence-corrected chi connectivity index (χ4v) is 3.94. The highest BCUT2D eigenvalue weighted by atomic mass is 19.1. The van der Waals surface area contributed by atoms with Crippen molar-refractivity contribution in [1.82, 2.24) is 14.8 Å². The Morgan fingerprint density at radius 3 is 2.72 bits per heavy atom. The van der Waals surface area contributed by atoms with Crippen molar-refractivity contribution in [2.75, 3.05) is 26.7 Å². The number of benzene rings is 1. The molecule has 0 bridgehead atoms. The zero-order valence-corrected chi connectivity index (χ0v) is 21.5. The van der Waals surface area contributed by atoms with Gasteiger partial charge in [-0.15, -0.1) is 0 Å². The van der Waals surface area contributed by atoms with E-state index in [1.807, 2.05) is 6.92 Å². The second-order valence-electron chi connectivity index (χ2n) is 9.76. The zero-order valence-electron chi connectivity index (χ0n) is 21.5. The fraction of sp³-hybridized carbons (Fsp3) is 0.464. The molecule has 2 aromatic rings. The van der Waals surface area contributed by atoms with Gasteiger partial charge in [0.2, 0.25) is 5.88 Å². The number of rotatable bonds is 6. The van der Waals surface area contributed by atoms with Crippen LogP contribution in [0.3, 0.4) is 0 Å². The lowest BCUT2D eigenvalue weighted by Gasteiger charge is -2.37. The van der Waals surface area contributed by atoms with Crippen LogP contribution in [-0.4, -0.2) is 70.6 Å². The average molecular weight is 496 g/mol. The van der Waals surface area contributed by atoms with Crippen molar-refractivity contribution in [3.8, 4) is 17.7 Å². The van der Waals surface area contributed by atoms with Gasteiger partial charge in [0.25, 0.3) is 11.8 Å². The molecule has 0 fully saturated rings. The molecule has 1 aliphatic heterocycles. The van der Waals surface area contributed by atoms with E-state index in [0.717, 1.165) is 6.42 Å². The minimum atomic E-state index is -0.590. The third-order valence-electron chi connectivity index (χ3n) is 6.17. The quantitative estimate of drug-likeness (QED) is 0.619. The van der Waals surface area contributed by atoms with E-state index in [9.17, 15) is 19.1 Å². The van der Waals surface area contributed by atoms with Crippen LogP contribution in [0, 0.1) is 29.5 Å². The van der Waals surface area contributed by atoms with Gasteiger partial charge < -0.3 is 19.6 Å². The van der Waals surface area contributed by atoms with Crippen molar-refractivity contribution >= 4 is 11.8 Å². The highest BCUT2D eigenvalue weighted by Crippen LogP contribution is 2.27. The molecule has 0 spiro atoms. The summed E-state index contributed by atoms with van der Waals surface area (Å²) in [6.07, 6.45) is 1.75. The van der Waals surface area contributed by atoms with Crippen molar-refractivity contribution in [2.45, 2.75) is 46.3 Å². The summed E-state index contributed by atoms with van der Waals surface area (Å²) < 4.78 is 20.4. The molecule has 8 heteroatoms. The lowest BCUT2D eigenvalue weighted by molar-refractivity contribution is 0.0312. The summed E-state index contributed by atoms with van der Waals surface area (Å²) in [5, 5.41) is 9.81. The van der Waals surface area contributed by atoms with Crippen molar-refractivity contribution in [3.05, 3.63) is 59.0 Å². The predicted molar refractivity (Wildman–Crippen MR) is 135 cm³/mol. The first-order valence-corrected chi connectivity index (χ1v) is 12.2. The largest absolute Gasteiger partial charge is 0.472 e. The van der Waals surface area contributed by atoms with Gasteiger partial charge in [0.05, 0.1) is 24.8 Å². The Kier molecular flexibility index (Phi) is 9.05. The van der Waals surface area contributed by atoms with Gasteiger partial charge in [-0.05, 0) is 31.0 Å². The van der Waals surface area contributed by atoms with Crippen LogP contribution in [0.1, 0.15) is 60.4 Å². The number of aliphatic hydroxyl groups excluding tert-OH is 1. The van der Waals surface area contributed by atoms with E-state index < -0.39 is 23.9 Å². The molecule has 2 amide bonds. The van der Waals surface area contributed by atoms with Crippen LogP contribution >= 0.6 is 0 Å². The first kappa shape index (κ1) is 27.2. The third kappa shape index (κ3) is 6.41. The summed E-state index contributed by atoms with van der Waals surface area (Å²) in [7, 11) is 1.59. The number of amides is 2. The number of aromatic nitrogens is 1. The molecule has 0 aliphatic carbocycles. The van der Waals surface area contributed by atoms with Gasteiger partial charge in [-0.3, -0.25) is 9.59 Å². The molecular weight excluding hydrogens is 461 g/mol. The molecule has 192 valence electrons. The summed E-state index contributed by atoms with van der Waals surface area (Å²) in [4.78, 5) is 33.8. The van der Waals surface area contributed by atoms with Crippen LogP contribution < -0.4 is 4.74 Å². The van der Waals surface area contributed by atoms with Crippen LogP contribution in [-0.2, 0) is 0 Å². The van der Waals surface area contributed by atoms with E-state index in [-0.39, 0.29) is 42.0 Å². The van der Waals surface area contributed by atoms with Gasteiger partial charge in [0.1, 0.15) is 17.5 Å². The van der Waals surface area contributed by atoms with E-state index in [1.165, 1.54) is 23.1 Å². The van der Waals surface area contributed by atoms with E-state index >= 15 is 0 Å². The van der Waals surface area contributed by atoms with Gasteiger partial charge in [-0.25, -0.2) is 9.37 Å². The van der Waals surface area contributed by atoms with Crippen LogP contribution in [0.5, 0.6) is 5.88 Å². The van der Waals surface area contributed by atoms with Crippen molar-refractivity contribution in [3.63, 3.8) is 0 Å². The maximum absolute atomic E-state index is 14.2. The number of hydrogen-bond donors (Lipinski definition) is 1. The number of nitrogens with zero attached hydrogens (tertiary/aromatic N) is 3. The number of halogens is 1. The molecule has 0 unspecified atom stereocenters. The van der Waals surface area contributed by atoms with Gasteiger partial charge in [0.15, 0.2) is 0 Å². The van der Waals surface area contributed by atoms with Gasteiger partial charge >= 0.3 is 0 Å². The Balaban J connectivity index is 1.94. The summed E-state index contributed by atoms with van der Waals surface area (Å²) in [5.74, 6) is 5.16. The molecule has 1 aliphatic rings. The standard InChI is InChI=1S/C28H34FN3O4/c1-18(2)9-8-10-21-13-23-26(30-14-21)36-25(19(3)15-32(28(23)35)20(4)17-33)16-31(5)27(34)22-11-6-7-12-24(22)29/h6-7,11-14,18-20,25,33H,9,15-17H2,1-5H3/t19-,20+,25-/m1/s1. The number of likely N-dealkylation sites (N-methyl/N-ethyl adjacent to an activating group) is 1. The van der Waals surface area contributed by atoms with Crippen LogP contribution in [0.2, 0.25) is 0 Å². The van der Waals surface area contributed by atoms with Gasteiger partial charge in [0, 0.05) is 37.7 Å². The molecule has 3 atom stereocenters. The topological polar surface area (TPSA) is 83.0 Å². The van der Waals surface area contributed by atoms with E-state index in [0.29, 0.717) is 18.0 Å². The first-order chi connectivity index (χ1) is 17.1. The van der Waals surface area contributed by atoms with Crippen LogP contribution in [0.4, 0.5) is 4.39 Å². The molecule has 0 saturated carbocycles. The number of carbonyl (C=O) groups is 2. The van der Waals surface area contributed by atoms with Gasteiger partial charge in [-0.1, -0.05) is 44.7 Å². The Bertz CT molecular complexity index is 1160. The molecular formula is C28H34FN3O4. The highest BCUT2D eigenvalue weighted by molar-refractivity contribution is 5.97. The molecule has 1 aromatic carbocycles. The monoisotopic (exact) mass is 495 g/mol. The maximum atomic E-state index is 14.2. The second-order valence-corrected chi connectivity index (χ2v) is 9.76. The minimum absolute atomic E-state index is 0.0210. The molecule has 0 radical (unpaired) electrons. The van der Waals surface area contributed by atoms with Crippen LogP contribution in [0.25, 0.3) is 0 Å². The van der Waals surface area contributed by atoms with E-state index in [2.05, 4.69) is 30.7 Å². The Hall–Kier alpha value is -3.44. The summed E-state index contributed by atoms with van der Waals surface area (Å²) in [6, 6.07) is 7.07. The maximum Gasteiger partial charge on any atom is 0.259 e. The minimum Gasteiger partial charge on any atom is -0.472 e. The van der Waals surface area contributed by atoms with E-state index in [4.69, 9.17) is 4.74 Å². The van der Waals surface area contributed by atoms with Crippen molar-refractivity contribution in [2.24, 2.45) is 11.8 Å². The second kappa shape index (κ2) is 12.0. The lowest BCUT2D eigenvalue weighted by Crippen LogP contribution is -2.50. The molecule has 2 heterocycles. The van der Waals surface area contributed by atoms with Crippen molar-refractivity contribution < 1.29 is 23.8 Å². The third-order valence-corrected chi connectivity index (χ3v) is 6.17. The number of pyridine rings is 1. The number of carbonyl (C=O) groups excluding carboxylic acids is 2. The first-order valence-electron chi connectivity index (χ1n) is 12.2. The zero-order chi connectivity index (χ0) is 26.4. The average Bonchev–Trinajstić information content (AvgIpc) is 2.85. The molecule has 7 nitrogen and oxygen atoms in total. The van der Waals surface area contributed by atoms with E-state index in [1.54, 1.807) is 37.2 Å². The molecule has 3 rings (SSSR count). The number of ether oxygens (including phenoxy) is 1. The Morgan fingerprint density at radius 1 is 1.33 bits per heavy atom. The predicted octanol–water partition coefficient (Wildman–Crippen LogP) is 3.61. The molecule has 0 saturated heterocycles. The summed E-state index contributed by atoms with van der Waals surface area (Å²) in [5.41, 5.74) is 0.832. The highest BCUT2D eigenvalue weighted by Gasteiger charge is 2.35. The smallest absolute Gasteiger partial charge is 0.259 e. The summed E-state index contributed by atoms with van der Waals surface area (Å²) >= 11 is 0. The van der Waals surface area contributed by atoms with Gasteiger partial charge in [-0.2, -0.15) is 0 Å². The molecule has 1 aromatic heterocycles. The molecule has 1 N–H and O–H groups in total. The van der Waals surface area contributed by atoms with Crippen LogP contribution in [0.15, 0.2) is 36.5 Å². The summed E-state index contributed by atoms with van der Waals surface area (Å²) in [6.45, 7) is 8.09. The Labute approximate surface area is 212 Å². The lowest BCUT2D eigenvalue weighted by atomic mass is 9.99. The number of aliphatic hydroxyl groups is 1. The molecule has 36 heavy (non-hydrogen) atoms. The Morgan fingerprint density at radius 2 is 2.06 bits per heavy atom.